The summed E-state index contributed by atoms with van der Waals surface area (Å²) in [6.45, 7) is -0.658. The maximum atomic E-state index is 11.8. The third-order valence-electron chi connectivity index (χ3n) is 2.31. The van der Waals surface area contributed by atoms with Crippen molar-refractivity contribution < 1.29 is 14.7 Å². The van der Waals surface area contributed by atoms with Gasteiger partial charge in [0.1, 0.15) is 13.3 Å². The fourth-order valence-corrected chi connectivity index (χ4v) is 2.10. The van der Waals surface area contributed by atoms with Crippen molar-refractivity contribution in [3.8, 4) is 0 Å². The van der Waals surface area contributed by atoms with Crippen LogP contribution in [0.1, 0.15) is 0 Å². The van der Waals surface area contributed by atoms with E-state index in [0.717, 1.165) is 9.80 Å². The van der Waals surface area contributed by atoms with Gasteiger partial charge in [0.15, 0.2) is 0 Å². The molecule has 1 heterocycles. The minimum absolute atomic E-state index is 0.153. The molecule has 1 saturated heterocycles. The normalized spacial score (nSPS) is 15.9. The summed E-state index contributed by atoms with van der Waals surface area (Å²) in [6.07, 6.45) is 0. The number of carbonyl (C=O) groups excluding carboxylic acids is 2. The smallest absolute Gasteiger partial charge is 0.333 e. The van der Waals surface area contributed by atoms with Crippen LogP contribution in [-0.2, 0) is 4.79 Å². The van der Waals surface area contributed by atoms with Gasteiger partial charge in [0.05, 0.1) is 5.69 Å². The number of rotatable bonds is 2. The molecule has 1 aromatic rings. The number of aliphatic hydroxyl groups is 1. The van der Waals surface area contributed by atoms with Gasteiger partial charge in [-0.1, -0.05) is 23.2 Å². The zero-order valence-electron chi connectivity index (χ0n) is 8.56. The number of carbonyl (C=O) groups is 2. The van der Waals surface area contributed by atoms with Crippen molar-refractivity contribution in [3.63, 3.8) is 0 Å². The first kappa shape index (κ1) is 12.2. The lowest BCUT2D eigenvalue weighted by Gasteiger charge is -2.15. The predicted octanol–water partition coefficient (Wildman–Crippen LogP) is 1.71. The molecule has 0 saturated carbocycles. The zero-order valence-corrected chi connectivity index (χ0v) is 10.1. The molecule has 0 unspecified atom stereocenters. The number of anilines is 1. The first-order valence-electron chi connectivity index (χ1n) is 4.71. The molecule has 3 amide bonds. The summed E-state index contributed by atoms with van der Waals surface area (Å²) in [5.74, 6) is -0.428. The van der Waals surface area contributed by atoms with Crippen molar-refractivity contribution in [1.82, 2.24) is 4.90 Å². The van der Waals surface area contributed by atoms with E-state index in [9.17, 15) is 9.59 Å². The molecule has 0 atom stereocenters. The van der Waals surface area contributed by atoms with Crippen LogP contribution in [0.15, 0.2) is 18.2 Å². The van der Waals surface area contributed by atoms with Crippen LogP contribution < -0.4 is 4.90 Å². The van der Waals surface area contributed by atoms with Crippen LogP contribution in [0, 0.1) is 0 Å². The van der Waals surface area contributed by atoms with Gasteiger partial charge in [-0.25, -0.2) is 9.69 Å². The first-order valence-corrected chi connectivity index (χ1v) is 5.47. The van der Waals surface area contributed by atoms with Crippen molar-refractivity contribution in [3.05, 3.63) is 28.2 Å². The number of aliphatic hydroxyl groups excluding tert-OH is 1. The molecule has 7 heteroatoms. The van der Waals surface area contributed by atoms with Crippen LogP contribution in [0.5, 0.6) is 0 Å². The number of imide groups is 1. The molecule has 1 N–H and O–H groups in total. The second-order valence-electron chi connectivity index (χ2n) is 3.48. The molecule has 1 aromatic carbocycles. The maximum Gasteiger partial charge on any atom is 0.333 e. The molecule has 1 fully saturated rings. The summed E-state index contributed by atoms with van der Waals surface area (Å²) in [5, 5.41) is 9.56. The molecule has 1 aliphatic rings. The largest absolute Gasteiger partial charge is 0.376 e. The van der Waals surface area contributed by atoms with E-state index in [1.54, 1.807) is 0 Å². The Labute approximate surface area is 107 Å². The Kier molecular flexibility index (Phi) is 3.24. The third-order valence-corrected chi connectivity index (χ3v) is 2.75. The third kappa shape index (κ3) is 2.22. The quantitative estimate of drug-likeness (QED) is 0.836. The lowest BCUT2D eigenvalue weighted by atomic mass is 10.3. The number of hydrogen-bond donors (Lipinski definition) is 1. The highest BCUT2D eigenvalue weighted by Crippen LogP contribution is 2.28. The Bertz CT molecular complexity index is 472. The maximum absolute atomic E-state index is 11.8. The minimum Gasteiger partial charge on any atom is -0.376 e. The number of urea groups is 1. The SMILES string of the molecule is O=C1CN(CO)C(=O)N1c1cc(Cl)cc(Cl)c1. The van der Waals surface area contributed by atoms with Crippen molar-refractivity contribution in [2.45, 2.75) is 0 Å². The Morgan fingerprint density at radius 3 is 2.24 bits per heavy atom. The van der Waals surface area contributed by atoms with Gasteiger partial charge < -0.3 is 5.11 Å². The molecule has 17 heavy (non-hydrogen) atoms. The summed E-state index contributed by atoms with van der Waals surface area (Å²) < 4.78 is 0. The minimum atomic E-state index is -0.587. The van der Waals surface area contributed by atoms with Crippen LogP contribution >= 0.6 is 23.2 Å². The van der Waals surface area contributed by atoms with Gasteiger partial charge in [0.25, 0.3) is 5.91 Å². The van der Waals surface area contributed by atoms with Crippen molar-refractivity contribution >= 4 is 40.8 Å². The van der Waals surface area contributed by atoms with Crippen LogP contribution in [0.4, 0.5) is 10.5 Å². The second-order valence-corrected chi connectivity index (χ2v) is 4.35. The van der Waals surface area contributed by atoms with E-state index in [-0.39, 0.29) is 6.54 Å². The molecule has 2 rings (SSSR count). The van der Waals surface area contributed by atoms with E-state index in [1.165, 1.54) is 18.2 Å². The van der Waals surface area contributed by atoms with Crippen LogP contribution in [0.2, 0.25) is 10.0 Å². The average Bonchev–Trinajstić information content (AvgIpc) is 2.52. The van der Waals surface area contributed by atoms with Crippen molar-refractivity contribution in [1.29, 1.82) is 0 Å². The fraction of sp³-hybridized carbons (Fsp3) is 0.200. The molecule has 0 spiro atoms. The molecule has 90 valence electrons. The van der Waals surface area contributed by atoms with E-state index < -0.39 is 18.7 Å². The van der Waals surface area contributed by atoms with Gasteiger partial charge in [-0.2, -0.15) is 0 Å². The van der Waals surface area contributed by atoms with Crippen molar-refractivity contribution in [2.75, 3.05) is 18.2 Å². The average molecular weight is 275 g/mol. The topological polar surface area (TPSA) is 60.9 Å². The van der Waals surface area contributed by atoms with Crippen LogP contribution in [0.25, 0.3) is 0 Å². The fourth-order valence-electron chi connectivity index (χ4n) is 1.58. The monoisotopic (exact) mass is 274 g/mol. The summed E-state index contributed by atoms with van der Waals surface area (Å²) in [5.41, 5.74) is 0.299. The zero-order chi connectivity index (χ0) is 12.6. The Hall–Kier alpha value is -1.30. The highest BCUT2D eigenvalue weighted by molar-refractivity contribution is 6.35. The van der Waals surface area contributed by atoms with Crippen LogP contribution in [-0.4, -0.2) is 35.2 Å². The number of hydrogen-bond acceptors (Lipinski definition) is 3. The summed E-state index contributed by atoms with van der Waals surface area (Å²) in [4.78, 5) is 25.3. The number of amides is 3. The molecular weight excluding hydrogens is 267 g/mol. The van der Waals surface area contributed by atoms with E-state index in [2.05, 4.69) is 0 Å². The van der Waals surface area contributed by atoms with Gasteiger partial charge in [0.2, 0.25) is 0 Å². The highest BCUT2D eigenvalue weighted by Gasteiger charge is 2.36. The van der Waals surface area contributed by atoms with Gasteiger partial charge >= 0.3 is 6.03 Å². The van der Waals surface area contributed by atoms with Crippen molar-refractivity contribution in [2.24, 2.45) is 0 Å². The predicted molar refractivity (Wildman–Crippen MR) is 63.1 cm³/mol. The lowest BCUT2D eigenvalue weighted by molar-refractivity contribution is -0.117. The van der Waals surface area contributed by atoms with E-state index >= 15 is 0 Å². The second kappa shape index (κ2) is 4.52. The molecular formula is C10H8Cl2N2O3. The highest BCUT2D eigenvalue weighted by atomic mass is 35.5. The molecule has 0 aromatic heterocycles. The Morgan fingerprint density at radius 2 is 1.76 bits per heavy atom. The summed E-state index contributed by atoms with van der Waals surface area (Å²) >= 11 is 11.6. The van der Waals surface area contributed by atoms with Crippen LogP contribution in [0.3, 0.4) is 0 Å². The Morgan fingerprint density at radius 1 is 1.18 bits per heavy atom. The van der Waals surface area contributed by atoms with E-state index in [4.69, 9.17) is 28.3 Å². The molecule has 1 aliphatic heterocycles. The number of benzene rings is 1. The summed E-state index contributed by atoms with van der Waals surface area (Å²) in [6, 6.07) is 3.84. The Balaban J connectivity index is 2.39. The van der Waals surface area contributed by atoms with Gasteiger partial charge in [-0.3, -0.25) is 9.69 Å². The van der Waals surface area contributed by atoms with E-state index in [0.29, 0.717) is 15.7 Å². The molecule has 0 aliphatic carbocycles. The number of halogens is 2. The lowest BCUT2D eigenvalue weighted by Crippen LogP contribution is -2.33. The summed E-state index contributed by atoms with van der Waals surface area (Å²) in [7, 11) is 0. The molecule has 0 radical (unpaired) electrons. The number of nitrogens with zero attached hydrogens (tertiary/aromatic N) is 2. The molecule has 0 bridgehead atoms. The van der Waals surface area contributed by atoms with Gasteiger partial charge in [-0.05, 0) is 18.2 Å². The van der Waals surface area contributed by atoms with Gasteiger partial charge in [0, 0.05) is 10.0 Å². The van der Waals surface area contributed by atoms with Gasteiger partial charge in [-0.15, -0.1) is 0 Å². The molecule has 5 nitrogen and oxygen atoms in total. The van der Waals surface area contributed by atoms with E-state index in [1.807, 2.05) is 0 Å². The standard InChI is InChI=1S/C10H8Cl2N2O3/c11-6-1-7(12)3-8(2-6)14-9(16)4-13(5-15)10(14)17/h1-3,15H,4-5H2. The first-order chi connectivity index (χ1) is 8.02.